The summed E-state index contributed by atoms with van der Waals surface area (Å²) >= 11 is 0. The number of para-hydroxylation sites is 3. The van der Waals surface area contributed by atoms with Crippen molar-refractivity contribution in [2.45, 2.75) is 0 Å². The van der Waals surface area contributed by atoms with Crippen molar-refractivity contribution in [3.05, 3.63) is 194 Å². The van der Waals surface area contributed by atoms with Gasteiger partial charge in [-0.3, -0.25) is 0 Å². The topological polar surface area (TPSA) is 8.17 Å². The van der Waals surface area contributed by atoms with Gasteiger partial charge in [0, 0.05) is 33.5 Å². The van der Waals surface area contributed by atoms with Gasteiger partial charge in [0.1, 0.15) is 0 Å². The van der Waals surface area contributed by atoms with E-state index in [1.54, 1.807) is 0 Å². The molecule has 0 saturated heterocycles. The molecule has 0 atom stereocenters. The fourth-order valence-corrected chi connectivity index (χ4v) is 7.86. The molecule has 0 aliphatic carbocycles. The second-order valence-electron chi connectivity index (χ2n) is 13.0. The van der Waals surface area contributed by atoms with Crippen LogP contribution in [0.2, 0.25) is 0 Å². The molecule has 0 unspecified atom stereocenters. The molecular formula is C48H32N2. The number of anilines is 3. The third-order valence-corrected chi connectivity index (χ3v) is 10.1. The molecule has 1 heterocycles. The maximum atomic E-state index is 2.43. The van der Waals surface area contributed by atoms with Crippen molar-refractivity contribution in [2.75, 3.05) is 4.90 Å². The average Bonchev–Trinajstić information content (AvgIpc) is 3.52. The van der Waals surface area contributed by atoms with Crippen molar-refractivity contribution in [2.24, 2.45) is 0 Å². The molecule has 0 radical (unpaired) electrons. The molecule has 50 heavy (non-hydrogen) atoms. The Bertz CT molecular complexity index is 2800. The summed E-state index contributed by atoms with van der Waals surface area (Å²) in [5, 5.41) is 10.1. The van der Waals surface area contributed by atoms with Crippen LogP contribution in [0.15, 0.2) is 194 Å². The van der Waals surface area contributed by atoms with Crippen LogP contribution in [0, 0.1) is 0 Å². The van der Waals surface area contributed by atoms with Gasteiger partial charge in [-0.1, -0.05) is 127 Å². The standard InChI is InChI=1S/C48H32N2/c1-4-14-33(15-5-1)34-24-26-37(27-25-34)50-47-23-13-12-22-42(47)46-31-44-41-29-28-38(49(35-16-6-2-7-17-35)36-18-8-3-9-19-36)30-43(41)39-20-10-11-21-40(39)45(44)32-48(46)50/h1-32H. The van der Waals surface area contributed by atoms with E-state index >= 15 is 0 Å². The van der Waals surface area contributed by atoms with Crippen LogP contribution in [0.1, 0.15) is 0 Å². The maximum Gasteiger partial charge on any atom is 0.0547 e. The zero-order valence-electron chi connectivity index (χ0n) is 27.4. The molecule has 234 valence electrons. The van der Waals surface area contributed by atoms with Crippen LogP contribution >= 0.6 is 0 Å². The van der Waals surface area contributed by atoms with E-state index in [1.165, 1.54) is 65.3 Å². The highest BCUT2D eigenvalue weighted by Crippen LogP contribution is 2.43. The summed E-state index contributed by atoms with van der Waals surface area (Å²) in [6.45, 7) is 0. The first-order chi connectivity index (χ1) is 24.8. The number of hydrogen-bond donors (Lipinski definition) is 0. The van der Waals surface area contributed by atoms with Gasteiger partial charge < -0.3 is 9.47 Å². The van der Waals surface area contributed by atoms with Gasteiger partial charge in [0.15, 0.2) is 0 Å². The molecule has 0 aliphatic rings. The minimum atomic E-state index is 1.13. The Balaban J connectivity index is 1.23. The van der Waals surface area contributed by atoms with E-state index < -0.39 is 0 Å². The van der Waals surface area contributed by atoms with E-state index in [4.69, 9.17) is 0 Å². The monoisotopic (exact) mass is 636 g/mol. The van der Waals surface area contributed by atoms with Crippen molar-refractivity contribution in [1.82, 2.24) is 4.57 Å². The van der Waals surface area contributed by atoms with Crippen molar-refractivity contribution < 1.29 is 0 Å². The Kier molecular flexibility index (Phi) is 6.53. The molecule has 1 aromatic heterocycles. The van der Waals surface area contributed by atoms with E-state index in [2.05, 4.69) is 204 Å². The third-order valence-electron chi connectivity index (χ3n) is 10.1. The molecule has 0 spiro atoms. The summed E-state index contributed by atoms with van der Waals surface area (Å²) in [5.41, 5.74) is 9.43. The van der Waals surface area contributed by atoms with Crippen molar-refractivity contribution in [1.29, 1.82) is 0 Å². The smallest absolute Gasteiger partial charge is 0.0547 e. The van der Waals surface area contributed by atoms with E-state index in [-0.39, 0.29) is 0 Å². The van der Waals surface area contributed by atoms with Crippen LogP contribution in [-0.2, 0) is 0 Å². The quantitative estimate of drug-likeness (QED) is 0.171. The Labute approximate surface area is 290 Å². The lowest BCUT2D eigenvalue weighted by Gasteiger charge is -2.26. The first kappa shape index (κ1) is 28.4. The molecule has 0 bridgehead atoms. The van der Waals surface area contributed by atoms with E-state index in [1.807, 2.05) is 0 Å². The minimum Gasteiger partial charge on any atom is -0.310 e. The first-order valence-electron chi connectivity index (χ1n) is 17.2. The van der Waals surface area contributed by atoms with Crippen LogP contribution in [0.4, 0.5) is 17.1 Å². The summed E-state index contributed by atoms with van der Waals surface area (Å²) < 4.78 is 2.43. The van der Waals surface area contributed by atoms with Crippen LogP contribution in [-0.4, -0.2) is 4.57 Å². The van der Waals surface area contributed by atoms with E-state index in [0.717, 1.165) is 22.7 Å². The summed E-state index contributed by atoms with van der Waals surface area (Å²) in [4.78, 5) is 2.35. The van der Waals surface area contributed by atoms with Crippen LogP contribution in [0.25, 0.3) is 70.9 Å². The highest BCUT2D eigenvalue weighted by atomic mass is 15.1. The predicted octanol–water partition coefficient (Wildman–Crippen LogP) is 13.4. The molecule has 0 saturated carbocycles. The molecule has 10 aromatic rings. The Morgan fingerprint density at radius 3 is 1.44 bits per heavy atom. The first-order valence-corrected chi connectivity index (χ1v) is 17.2. The molecule has 9 aromatic carbocycles. The summed E-state index contributed by atoms with van der Waals surface area (Å²) in [6.07, 6.45) is 0. The van der Waals surface area contributed by atoms with E-state index in [9.17, 15) is 0 Å². The van der Waals surface area contributed by atoms with Crippen LogP contribution in [0.5, 0.6) is 0 Å². The number of nitrogens with zero attached hydrogens (tertiary/aromatic N) is 2. The van der Waals surface area contributed by atoms with Crippen LogP contribution < -0.4 is 4.90 Å². The maximum absolute atomic E-state index is 2.43. The predicted molar refractivity (Wildman–Crippen MR) is 213 cm³/mol. The summed E-state index contributed by atoms with van der Waals surface area (Å²) in [5.74, 6) is 0. The van der Waals surface area contributed by atoms with Crippen molar-refractivity contribution in [3.63, 3.8) is 0 Å². The average molecular weight is 637 g/mol. The molecule has 0 N–H and O–H groups in total. The highest BCUT2D eigenvalue weighted by molar-refractivity contribution is 6.29. The number of hydrogen-bond acceptors (Lipinski definition) is 1. The largest absolute Gasteiger partial charge is 0.310 e. The SMILES string of the molecule is c1ccc(-c2ccc(-n3c4ccccc4c4cc5c6ccc(N(c7ccccc7)c7ccccc7)cc6c6ccccc6c5cc43)cc2)cc1. The molecule has 0 fully saturated rings. The second-order valence-corrected chi connectivity index (χ2v) is 13.0. The molecule has 0 amide bonds. The Morgan fingerprint density at radius 2 is 0.780 bits per heavy atom. The van der Waals surface area contributed by atoms with Crippen molar-refractivity contribution >= 4 is 71.2 Å². The third kappa shape index (κ3) is 4.50. The molecular weight excluding hydrogens is 605 g/mol. The summed E-state index contributed by atoms with van der Waals surface area (Å²) in [7, 11) is 0. The normalized spacial score (nSPS) is 11.6. The number of fused-ring (bicyclic) bond motifs is 9. The van der Waals surface area contributed by atoms with Gasteiger partial charge in [0.2, 0.25) is 0 Å². The fourth-order valence-electron chi connectivity index (χ4n) is 7.86. The zero-order valence-corrected chi connectivity index (χ0v) is 27.4. The van der Waals surface area contributed by atoms with Gasteiger partial charge in [-0.05, 0) is 110 Å². The zero-order chi connectivity index (χ0) is 33.0. The highest BCUT2D eigenvalue weighted by Gasteiger charge is 2.18. The Morgan fingerprint density at radius 1 is 0.280 bits per heavy atom. The Hall–Kier alpha value is -6.64. The lowest BCUT2D eigenvalue weighted by atomic mass is 9.92. The van der Waals surface area contributed by atoms with Gasteiger partial charge in [-0.25, -0.2) is 0 Å². The van der Waals surface area contributed by atoms with Crippen LogP contribution in [0.3, 0.4) is 0 Å². The lowest BCUT2D eigenvalue weighted by molar-refractivity contribution is 1.18. The fraction of sp³-hybridized carbons (Fsp3) is 0. The van der Waals surface area contributed by atoms with Gasteiger partial charge >= 0.3 is 0 Å². The van der Waals surface area contributed by atoms with E-state index in [0.29, 0.717) is 0 Å². The molecule has 2 nitrogen and oxygen atoms in total. The molecule has 2 heteroatoms. The van der Waals surface area contributed by atoms with Gasteiger partial charge in [0.05, 0.1) is 11.0 Å². The summed E-state index contributed by atoms with van der Waals surface area (Å²) in [6, 6.07) is 70.4. The minimum absolute atomic E-state index is 1.13. The molecule has 0 aliphatic heterocycles. The van der Waals surface area contributed by atoms with Crippen molar-refractivity contribution in [3.8, 4) is 16.8 Å². The van der Waals surface area contributed by atoms with Gasteiger partial charge in [0.25, 0.3) is 0 Å². The second kappa shape index (κ2) is 11.5. The number of benzene rings is 9. The molecule has 10 rings (SSSR count). The number of aromatic nitrogens is 1. The van der Waals surface area contributed by atoms with Gasteiger partial charge in [-0.2, -0.15) is 0 Å². The number of rotatable bonds is 5. The lowest BCUT2D eigenvalue weighted by Crippen LogP contribution is -2.09. The van der Waals surface area contributed by atoms with Gasteiger partial charge in [-0.15, -0.1) is 0 Å².